The number of piperidine rings is 1. The monoisotopic (exact) mass is 228 g/mol. The second-order valence-corrected chi connectivity index (χ2v) is 5.15. The van der Waals surface area contributed by atoms with E-state index >= 15 is 0 Å². The van der Waals surface area contributed by atoms with Gasteiger partial charge < -0.3 is 10.1 Å². The summed E-state index contributed by atoms with van der Waals surface area (Å²) in [6, 6.07) is 1.98. The number of nitrogens with one attached hydrogen (secondary N) is 1. The molecule has 1 rings (SSSR count). The second-order valence-electron chi connectivity index (χ2n) is 5.15. The third-order valence-electron chi connectivity index (χ3n) is 4.29. The standard InChI is InChI=1S/C13H28N2O/c1-10(7-9-16-5)15-8-6-13(14-4)11(2)12(15)3/h10-14H,6-9H2,1-5H3. The predicted octanol–water partition coefficient (Wildman–Crippen LogP) is 1.73. The summed E-state index contributed by atoms with van der Waals surface area (Å²) in [5.74, 6) is 0.726. The van der Waals surface area contributed by atoms with E-state index in [1.54, 1.807) is 7.11 Å². The molecule has 0 aromatic heterocycles. The van der Waals surface area contributed by atoms with Crippen LogP contribution in [0.1, 0.15) is 33.6 Å². The number of rotatable bonds is 5. The summed E-state index contributed by atoms with van der Waals surface area (Å²) in [4.78, 5) is 2.64. The molecule has 16 heavy (non-hydrogen) atoms. The van der Waals surface area contributed by atoms with Crippen LogP contribution in [0.5, 0.6) is 0 Å². The number of hydrogen-bond acceptors (Lipinski definition) is 3. The normalized spacial score (nSPS) is 33.9. The molecule has 96 valence electrons. The summed E-state index contributed by atoms with van der Waals surface area (Å²) in [6.45, 7) is 9.12. The van der Waals surface area contributed by atoms with Gasteiger partial charge in [0.15, 0.2) is 0 Å². The van der Waals surface area contributed by atoms with E-state index in [-0.39, 0.29) is 0 Å². The SMILES string of the molecule is CNC1CCN(C(C)CCOC)C(C)C1C. The van der Waals surface area contributed by atoms with E-state index in [0.717, 1.165) is 18.9 Å². The highest BCUT2D eigenvalue weighted by Gasteiger charge is 2.33. The molecule has 1 fully saturated rings. The highest BCUT2D eigenvalue weighted by atomic mass is 16.5. The molecule has 1 aliphatic rings. The van der Waals surface area contributed by atoms with Gasteiger partial charge in [-0.05, 0) is 39.7 Å². The van der Waals surface area contributed by atoms with E-state index in [2.05, 4.69) is 38.0 Å². The molecule has 1 saturated heterocycles. The van der Waals surface area contributed by atoms with Crippen LogP contribution < -0.4 is 5.32 Å². The zero-order valence-electron chi connectivity index (χ0n) is 11.5. The van der Waals surface area contributed by atoms with E-state index in [9.17, 15) is 0 Å². The number of likely N-dealkylation sites (tertiary alicyclic amines) is 1. The van der Waals surface area contributed by atoms with Gasteiger partial charge in [-0.1, -0.05) is 6.92 Å². The van der Waals surface area contributed by atoms with Crippen LogP contribution >= 0.6 is 0 Å². The Labute approximate surface area is 101 Å². The molecule has 0 bridgehead atoms. The molecule has 1 heterocycles. The highest BCUT2D eigenvalue weighted by molar-refractivity contribution is 4.89. The first-order chi connectivity index (χ1) is 7.61. The van der Waals surface area contributed by atoms with Gasteiger partial charge in [0, 0.05) is 38.4 Å². The van der Waals surface area contributed by atoms with Crippen molar-refractivity contribution >= 4 is 0 Å². The van der Waals surface area contributed by atoms with Crippen molar-refractivity contribution < 1.29 is 4.74 Å². The Balaban J connectivity index is 2.49. The van der Waals surface area contributed by atoms with Crippen LogP contribution in [0.4, 0.5) is 0 Å². The molecule has 4 unspecified atom stereocenters. The van der Waals surface area contributed by atoms with Gasteiger partial charge in [-0.15, -0.1) is 0 Å². The molecule has 0 spiro atoms. The Bertz CT molecular complexity index is 198. The van der Waals surface area contributed by atoms with Gasteiger partial charge in [0.2, 0.25) is 0 Å². The summed E-state index contributed by atoms with van der Waals surface area (Å²) in [5, 5.41) is 3.44. The van der Waals surface area contributed by atoms with Crippen LogP contribution in [0.3, 0.4) is 0 Å². The fraction of sp³-hybridized carbons (Fsp3) is 1.00. The Kier molecular flexibility index (Phi) is 5.73. The highest BCUT2D eigenvalue weighted by Crippen LogP contribution is 2.26. The molecule has 0 amide bonds. The predicted molar refractivity (Wildman–Crippen MR) is 68.8 cm³/mol. The van der Waals surface area contributed by atoms with Crippen LogP contribution in [-0.2, 0) is 4.74 Å². The topological polar surface area (TPSA) is 24.5 Å². The van der Waals surface area contributed by atoms with E-state index in [1.165, 1.54) is 13.0 Å². The molecule has 0 aromatic carbocycles. The summed E-state index contributed by atoms with van der Waals surface area (Å²) in [5.41, 5.74) is 0. The van der Waals surface area contributed by atoms with Crippen molar-refractivity contribution in [3.63, 3.8) is 0 Å². The fourth-order valence-electron chi connectivity index (χ4n) is 2.88. The average molecular weight is 228 g/mol. The van der Waals surface area contributed by atoms with Gasteiger partial charge in [-0.2, -0.15) is 0 Å². The maximum atomic E-state index is 5.17. The summed E-state index contributed by atoms with van der Waals surface area (Å²) >= 11 is 0. The number of nitrogens with zero attached hydrogens (tertiary/aromatic N) is 1. The lowest BCUT2D eigenvalue weighted by Crippen LogP contribution is -2.55. The van der Waals surface area contributed by atoms with Gasteiger partial charge in [-0.25, -0.2) is 0 Å². The van der Waals surface area contributed by atoms with Crippen LogP contribution in [-0.4, -0.2) is 50.3 Å². The Morgan fingerprint density at radius 3 is 2.69 bits per heavy atom. The largest absolute Gasteiger partial charge is 0.385 e. The first-order valence-electron chi connectivity index (χ1n) is 6.53. The Morgan fingerprint density at radius 1 is 1.44 bits per heavy atom. The van der Waals surface area contributed by atoms with Crippen LogP contribution in [0.2, 0.25) is 0 Å². The lowest BCUT2D eigenvalue weighted by Gasteiger charge is -2.45. The Morgan fingerprint density at radius 2 is 2.12 bits per heavy atom. The van der Waals surface area contributed by atoms with Crippen LogP contribution in [0, 0.1) is 5.92 Å². The molecule has 0 saturated carbocycles. The average Bonchev–Trinajstić information content (AvgIpc) is 2.29. The number of methoxy groups -OCH3 is 1. The minimum absolute atomic E-state index is 0.634. The first kappa shape index (κ1) is 13.9. The van der Waals surface area contributed by atoms with Gasteiger partial charge in [-0.3, -0.25) is 4.90 Å². The Hall–Kier alpha value is -0.120. The van der Waals surface area contributed by atoms with E-state index in [4.69, 9.17) is 4.74 Å². The zero-order valence-corrected chi connectivity index (χ0v) is 11.5. The third-order valence-corrected chi connectivity index (χ3v) is 4.29. The first-order valence-corrected chi connectivity index (χ1v) is 6.53. The zero-order chi connectivity index (χ0) is 12.1. The summed E-state index contributed by atoms with van der Waals surface area (Å²) in [6.07, 6.45) is 2.40. The number of hydrogen-bond donors (Lipinski definition) is 1. The van der Waals surface area contributed by atoms with E-state index in [0.29, 0.717) is 18.1 Å². The van der Waals surface area contributed by atoms with Crippen molar-refractivity contribution in [3.05, 3.63) is 0 Å². The summed E-state index contributed by atoms with van der Waals surface area (Å²) in [7, 11) is 3.86. The van der Waals surface area contributed by atoms with Crippen molar-refractivity contribution in [2.45, 2.75) is 51.7 Å². The number of ether oxygens (including phenoxy) is 1. The van der Waals surface area contributed by atoms with Gasteiger partial charge >= 0.3 is 0 Å². The maximum Gasteiger partial charge on any atom is 0.0477 e. The second kappa shape index (κ2) is 6.58. The third kappa shape index (κ3) is 3.19. The van der Waals surface area contributed by atoms with Gasteiger partial charge in [0.1, 0.15) is 0 Å². The molecular weight excluding hydrogens is 200 g/mol. The van der Waals surface area contributed by atoms with E-state index in [1.807, 2.05) is 0 Å². The molecule has 0 aliphatic carbocycles. The molecule has 0 radical (unpaired) electrons. The fourth-order valence-corrected chi connectivity index (χ4v) is 2.88. The molecule has 4 atom stereocenters. The molecule has 0 aromatic rings. The quantitative estimate of drug-likeness (QED) is 0.775. The van der Waals surface area contributed by atoms with Crippen LogP contribution in [0.15, 0.2) is 0 Å². The minimum atomic E-state index is 0.634. The lowest BCUT2D eigenvalue weighted by atomic mass is 9.86. The summed E-state index contributed by atoms with van der Waals surface area (Å²) < 4.78 is 5.17. The molecule has 1 N–H and O–H groups in total. The molecule has 3 nitrogen and oxygen atoms in total. The smallest absolute Gasteiger partial charge is 0.0477 e. The molecule has 3 heteroatoms. The minimum Gasteiger partial charge on any atom is -0.385 e. The maximum absolute atomic E-state index is 5.17. The molecular formula is C13H28N2O. The molecule has 1 aliphatic heterocycles. The lowest BCUT2D eigenvalue weighted by molar-refractivity contribution is 0.0411. The van der Waals surface area contributed by atoms with Crippen molar-refractivity contribution in [2.24, 2.45) is 5.92 Å². The van der Waals surface area contributed by atoms with Crippen molar-refractivity contribution in [2.75, 3.05) is 27.3 Å². The van der Waals surface area contributed by atoms with E-state index < -0.39 is 0 Å². The van der Waals surface area contributed by atoms with Gasteiger partial charge in [0.25, 0.3) is 0 Å². The van der Waals surface area contributed by atoms with Crippen molar-refractivity contribution in [1.82, 2.24) is 10.2 Å². The van der Waals surface area contributed by atoms with Crippen molar-refractivity contribution in [1.29, 1.82) is 0 Å². The van der Waals surface area contributed by atoms with Crippen molar-refractivity contribution in [3.8, 4) is 0 Å². The van der Waals surface area contributed by atoms with Crippen LogP contribution in [0.25, 0.3) is 0 Å². The van der Waals surface area contributed by atoms with Gasteiger partial charge in [0.05, 0.1) is 0 Å².